The van der Waals surface area contributed by atoms with E-state index in [-0.39, 0.29) is 32.1 Å². The number of piperidine rings is 1. The molecule has 0 spiro atoms. The number of carbonyl (C=O) groups is 1. The van der Waals surface area contributed by atoms with Crippen LogP contribution in [-0.4, -0.2) is 41.5 Å². The fourth-order valence-electron chi connectivity index (χ4n) is 3.68. The topological polar surface area (TPSA) is 84.3 Å². The first kappa shape index (κ1) is 24.9. The summed E-state index contributed by atoms with van der Waals surface area (Å²) < 4.78 is 42.3. The van der Waals surface area contributed by atoms with Gasteiger partial charge < -0.3 is 5.32 Å². The maximum atomic E-state index is 13.2. The van der Waals surface area contributed by atoms with E-state index < -0.39 is 21.7 Å². The molecular formula is C22H20Cl3FN4O3S. The van der Waals surface area contributed by atoms with Crippen molar-refractivity contribution in [2.75, 3.05) is 18.4 Å². The van der Waals surface area contributed by atoms with E-state index in [1.54, 1.807) is 12.3 Å². The van der Waals surface area contributed by atoms with Gasteiger partial charge >= 0.3 is 0 Å². The Hall–Kier alpha value is -2.17. The smallest absolute Gasteiger partial charge is 0.257 e. The van der Waals surface area contributed by atoms with Crippen molar-refractivity contribution in [2.45, 2.75) is 30.7 Å². The number of rotatable bonds is 6. The normalized spacial score (nSPS) is 14.8. The van der Waals surface area contributed by atoms with Crippen molar-refractivity contribution in [1.82, 2.24) is 14.1 Å². The molecule has 4 rings (SSSR count). The Morgan fingerprint density at radius 1 is 1.03 bits per heavy atom. The summed E-state index contributed by atoms with van der Waals surface area (Å²) in [6.45, 7) is 1.06. The molecule has 7 nitrogen and oxygen atoms in total. The number of hydrogen-bond donors (Lipinski definition) is 1. The minimum Gasteiger partial charge on any atom is -0.319 e. The van der Waals surface area contributed by atoms with Crippen LogP contribution < -0.4 is 5.32 Å². The van der Waals surface area contributed by atoms with Crippen LogP contribution in [0.4, 0.5) is 10.1 Å². The van der Waals surface area contributed by atoms with E-state index >= 15 is 0 Å². The molecule has 0 saturated carbocycles. The summed E-state index contributed by atoms with van der Waals surface area (Å²) in [4.78, 5) is 12.8. The Labute approximate surface area is 211 Å². The van der Waals surface area contributed by atoms with E-state index in [0.717, 1.165) is 19.3 Å². The summed E-state index contributed by atoms with van der Waals surface area (Å²) in [6.07, 6.45) is 5.49. The van der Waals surface area contributed by atoms with Crippen LogP contribution in [0.2, 0.25) is 15.1 Å². The fourth-order valence-corrected chi connectivity index (χ4v) is 6.26. The highest BCUT2D eigenvalue weighted by Crippen LogP contribution is 2.32. The Balaban J connectivity index is 1.54. The third-order valence-electron chi connectivity index (χ3n) is 5.44. The van der Waals surface area contributed by atoms with E-state index in [1.165, 1.54) is 39.4 Å². The van der Waals surface area contributed by atoms with E-state index in [0.29, 0.717) is 24.3 Å². The Morgan fingerprint density at radius 3 is 2.47 bits per heavy atom. The van der Waals surface area contributed by atoms with Crippen molar-refractivity contribution in [1.29, 1.82) is 0 Å². The lowest BCUT2D eigenvalue weighted by Crippen LogP contribution is -2.35. The quantitative estimate of drug-likeness (QED) is 0.446. The molecule has 0 atom stereocenters. The van der Waals surface area contributed by atoms with Crippen LogP contribution in [0.15, 0.2) is 47.6 Å². The number of sulfonamides is 1. The van der Waals surface area contributed by atoms with E-state index in [9.17, 15) is 17.6 Å². The lowest BCUT2D eigenvalue weighted by Gasteiger charge is -2.26. The summed E-state index contributed by atoms with van der Waals surface area (Å²) in [5, 5.41) is 7.06. The first-order valence-electron chi connectivity index (χ1n) is 10.4. The van der Waals surface area contributed by atoms with Gasteiger partial charge in [-0.2, -0.15) is 9.40 Å². The Morgan fingerprint density at radius 2 is 1.76 bits per heavy atom. The molecule has 1 aliphatic heterocycles. The molecule has 34 heavy (non-hydrogen) atoms. The van der Waals surface area contributed by atoms with Crippen molar-refractivity contribution in [2.24, 2.45) is 0 Å². The Bertz CT molecular complexity index is 1340. The summed E-state index contributed by atoms with van der Waals surface area (Å²) >= 11 is 18.5. The van der Waals surface area contributed by atoms with Crippen LogP contribution in [-0.2, 0) is 16.6 Å². The summed E-state index contributed by atoms with van der Waals surface area (Å²) in [7, 11) is -3.87. The van der Waals surface area contributed by atoms with Gasteiger partial charge in [0, 0.05) is 24.3 Å². The van der Waals surface area contributed by atoms with E-state index in [2.05, 4.69) is 10.4 Å². The molecule has 1 aliphatic rings. The number of hydrogen-bond acceptors (Lipinski definition) is 4. The van der Waals surface area contributed by atoms with Crippen molar-refractivity contribution >= 4 is 56.4 Å². The first-order valence-corrected chi connectivity index (χ1v) is 13.0. The Kier molecular flexibility index (Phi) is 7.49. The van der Waals surface area contributed by atoms with Gasteiger partial charge in [0.25, 0.3) is 5.91 Å². The van der Waals surface area contributed by atoms with Gasteiger partial charge in [-0.15, -0.1) is 0 Å². The number of nitrogens with one attached hydrogen (secondary N) is 1. The average molecular weight is 546 g/mol. The van der Waals surface area contributed by atoms with Crippen LogP contribution >= 0.6 is 34.8 Å². The van der Waals surface area contributed by atoms with Gasteiger partial charge in [0.1, 0.15) is 10.7 Å². The molecule has 180 valence electrons. The van der Waals surface area contributed by atoms with Crippen LogP contribution in [0, 0.1) is 5.82 Å². The highest BCUT2D eigenvalue weighted by Gasteiger charge is 2.30. The number of nitrogens with zero attached hydrogens (tertiary/aromatic N) is 3. The molecule has 1 saturated heterocycles. The molecular weight excluding hydrogens is 526 g/mol. The maximum absolute atomic E-state index is 13.2. The van der Waals surface area contributed by atoms with Crippen molar-refractivity contribution < 1.29 is 17.6 Å². The minimum absolute atomic E-state index is 0.0191. The molecule has 1 N–H and O–H groups in total. The lowest BCUT2D eigenvalue weighted by atomic mass is 10.2. The second kappa shape index (κ2) is 10.2. The second-order valence-electron chi connectivity index (χ2n) is 7.84. The number of aromatic nitrogens is 2. The van der Waals surface area contributed by atoms with Crippen LogP contribution in [0.3, 0.4) is 0 Å². The fraction of sp³-hybridized carbons (Fsp3) is 0.273. The predicted octanol–water partition coefficient (Wildman–Crippen LogP) is 5.46. The molecule has 1 amide bonds. The third-order valence-corrected chi connectivity index (χ3v) is 8.47. The summed E-state index contributed by atoms with van der Waals surface area (Å²) in [5.74, 6) is -1.06. The molecule has 2 heterocycles. The molecule has 3 aromatic rings. The highest BCUT2D eigenvalue weighted by atomic mass is 35.5. The number of amides is 1. The predicted molar refractivity (Wildman–Crippen MR) is 130 cm³/mol. The van der Waals surface area contributed by atoms with Crippen LogP contribution in [0.1, 0.15) is 35.2 Å². The lowest BCUT2D eigenvalue weighted by molar-refractivity contribution is 0.102. The molecule has 2 aromatic carbocycles. The molecule has 12 heteroatoms. The monoisotopic (exact) mass is 544 g/mol. The first-order chi connectivity index (χ1) is 16.1. The molecule has 0 unspecified atom stereocenters. The van der Waals surface area contributed by atoms with Gasteiger partial charge in [-0.05, 0) is 42.7 Å². The number of benzene rings is 2. The SMILES string of the molecule is O=C(Nc1cnn(Cc2ccc(F)cc2Cl)c1)c1cc(S(=O)(=O)N2CCCCC2)c(Cl)cc1Cl. The highest BCUT2D eigenvalue weighted by molar-refractivity contribution is 7.89. The number of anilines is 1. The maximum Gasteiger partial charge on any atom is 0.257 e. The second-order valence-corrected chi connectivity index (χ2v) is 11.0. The van der Waals surface area contributed by atoms with Gasteiger partial charge in [-0.1, -0.05) is 47.3 Å². The number of carbonyl (C=O) groups excluding carboxylic acids is 1. The molecule has 0 aliphatic carbocycles. The van der Waals surface area contributed by atoms with Gasteiger partial charge in [0.15, 0.2) is 0 Å². The molecule has 0 bridgehead atoms. The zero-order valence-corrected chi connectivity index (χ0v) is 20.9. The van der Waals surface area contributed by atoms with Crippen molar-refractivity contribution in [3.63, 3.8) is 0 Å². The minimum atomic E-state index is -3.87. The molecule has 1 fully saturated rings. The molecule has 0 radical (unpaired) electrons. The average Bonchev–Trinajstić information content (AvgIpc) is 3.22. The van der Waals surface area contributed by atoms with Gasteiger partial charge in [-0.3, -0.25) is 9.48 Å². The number of halogens is 4. The van der Waals surface area contributed by atoms with Crippen LogP contribution in [0.25, 0.3) is 0 Å². The zero-order chi connectivity index (χ0) is 24.5. The van der Waals surface area contributed by atoms with Crippen molar-refractivity contribution in [3.05, 3.63) is 74.7 Å². The standard InChI is InChI=1S/C22H20Cl3FN4O3S/c23-18-8-15(26)5-4-14(18)12-29-13-16(11-27-29)28-22(31)17-9-21(20(25)10-19(17)24)34(32,33)30-6-2-1-3-7-30/h4-5,8-11,13H,1-3,6-7,12H2,(H,28,31). The van der Waals surface area contributed by atoms with Crippen molar-refractivity contribution in [3.8, 4) is 0 Å². The summed E-state index contributed by atoms with van der Waals surface area (Å²) in [5.41, 5.74) is 0.975. The van der Waals surface area contributed by atoms with E-state index in [4.69, 9.17) is 34.8 Å². The van der Waals surface area contributed by atoms with Gasteiger partial charge in [0.2, 0.25) is 10.0 Å². The summed E-state index contributed by atoms with van der Waals surface area (Å²) in [6, 6.07) is 6.52. The van der Waals surface area contributed by atoms with Crippen LogP contribution in [0.5, 0.6) is 0 Å². The zero-order valence-electron chi connectivity index (χ0n) is 17.8. The largest absolute Gasteiger partial charge is 0.319 e. The van der Waals surface area contributed by atoms with Gasteiger partial charge in [-0.25, -0.2) is 12.8 Å². The van der Waals surface area contributed by atoms with E-state index in [1.807, 2.05) is 0 Å². The molecule has 1 aromatic heterocycles. The van der Waals surface area contributed by atoms with Gasteiger partial charge in [0.05, 0.1) is 34.0 Å². The third kappa shape index (κ3) is 5.39.